The Bertz CT molecular complexity index is 657. The van der Waals surface area contributed by atoms with Crippen LogP contribution in [0.5, 0.6) is 0 Å². The summed E-state index contributed by atoms with van der Waals surface area (Å²) in [6, 6.07) is 3.73. The molecule has 1 aliphatic carbocycles. The SMILES string of the molecule is CC(Cl)c1nc2cc(C(F)(F)F)ccc2n1CC1CCC1. The normalized spacial score (nSPS) is 18.0. The zero-order valence-corrected chi connectivity index (χ0v) is 12.4. The zero-order valence-electron chi connectivity index (χ0n) is 11.6. The quantitative estimate of drug-likeness (QED) is 0.716. The minimum Gasteiger partial charge on any atom is -0.326 e. The summed E-state index contributed by atoms with van der Waals surface area (Å²) in [4.78, 5) is 4.33. The lowest BCUT2D eigenvalue weighted by Gasteiger charge is -2.27. The van der Waals surface area contributed by atoms with E-state index in [4.69, 9.17) is 11.6 Å². The van der Waals surface area contributed by atoms with Crippen molar-refractivity contribution in [2.45, 2.75) is 44.3 Å². The van der Waals surface area contributed by atoms with Crippen molar-refractivity contribution in [2.24, 2.45) is 5.92 Å². The van der Waals surface area contributed by atoms with Gasteiger partial charge in [-0.3, -0.25) is 0 Å². The number of hydrogen-bond acceptors (Lipinski definition) is 1. The molecule has 1 aliphatic rings. The van der Waals surface area contributed by atoms with E-state index < -0.39 is 11.7 Å². The molecule has 21 heavy (non-hydrogen) atoms. The van der Waals surface area contributed by atoms with Crippen LogP contribution in [0.25, 0.3) is 11.0 Å². The highest BCUT2D eigenvalue weighted by molar-refractivity contribution is 6.20. The van der Waals surface area contributed by atoms with Crippen LogP contribution in [0.1, 0.15) is 43.0 Å². The van der Waals surface area contributed by atoms with Crippen molar-refractivity contribution in [3.05, 3.63) is 29.6 Å². The topological polar surface area (TPSA) is 17.8 Å². The summed E-state index contributed by atoms with van der Waals surface area (Å²) in [5.41, 5.74) is 0.432. The number of fused-ring (bicyclic) bond motifs is 1. The molecular weight excluding hydrogens is 301 g/mol. The van der Waals surface area contributed by atoms with Gasteiger partial charge in [0.2, 0.25) is 0 Å². The molecule has 0 saturated heterocycles. The molecule has 1 unspecified atom stereocenters. The molecule has 0 bridgehead atoms. The average Bonchev–Trinajstić information content (AvgIpc) is 2.70. The molecule has 0 spiro atoms. The van der Waals surface area contributed by atoms with Crippen LogP contribution in [0.3, 0.4) is 0 Å². The van der Waals surface area contributed by atoms with Crippen LogP contribution >= 0.6 is 11.6 Å². The van der Waals surface area contributed by atoms with Crippen LogP contribution in [0.15, 0.2) is 18.2 Å². The number of halogens is 4. The van der Waals surface area contributed by atoms with E-state index in [-0.39, 0.29) is 5.38 Å². The van der Waals surface area contributed by atoms with Crippen molar-refractivity contribution in [1.82, 2.24) is 9.55 Å². The maximum absolute atomic E-state index is 12.8. The highest BCUT2D eigenvalue weighted by Crippen LogP contribution is 2.35. The van der Waals surface area contributed by atoms with Crippen LogP contribution in [0, 0.1) is 5.92 Å². The summed E-state index contributed by atoms with van der Waals surface area (Å²) in [7, 11) is 0. The Morgan fingerprint density at radius 3 is 2.62 bits per heavy atom. The lowest BCUT2D eigenvalue weighted by molar-refractivity contribution is -0.137. The third-order valence-electron chi connectivity index (χ3n) is 4.13. The lowest BCUT2D eigenvalue weighted by atomic mass is 9.85. The monoisotopic (exact) mass is 316 g/mol. The van der Waals surface area contributed by atoms with Gasteiger partial charge >= 0.3 is 6.18 Å². The highest BCUT2D eigenvalue weighted by atomic mass is 35.5. The first-order valence-electron chi connectivity index (χ1n) is 7.07. The molecule has 1 aromatic carbocycles. The van der Waals surface area contributed by atoms with E-state index >= 15 is 0 Å². The summed E-state index contributed by atoms with van der Waals surface area (Å²) in [6.07, 6.45) is -0.799. The smallest absolute Gasteiger partial charge is 0.326 e. The fourth-order valence-corrected chi connectivity index (χ4v) is 2.92. The van der Waals surface area contributed by atoms with Gasteiger partial charge in [0.25, 0.3) is 0 Å². The molecule has 0 radical (unpaired) electrons. The standard InChI is InChI=1S/C15H16ClF3N2/c1-9(16)14-20-12-7-11(15(17,18)19)5-6-13(12)21(14)8-10-3-2-4-10/h5-7,9-10H,2-4,8H2,1H3. The Balaban J connectivity index is 2.08. The predicted molar refractivity (Wildman–Crippen MR) is 76.3 cm³/mol. The molecule has 1 saturated carbocycles. The van der Waals surface area contributed by atoms with Gasteiger partial charge in [0, 0.05) is 6.54 Å². The first-order chi connectivity index (χ1) is 9.86. The van der Waals surface area contributed by atoms with Gasteiger partial charge in [-0.25, -0.2) is 4.98 Å². The number of nitrogens with zero attached hydrogens (tertiary/aromatic N) is 2. The first-order valence-corrected chi connectivity index (χ1v) is 7.51. The minimum atomic E-state index is -4.35. The molecule has 1 heterocycles. The minimum absolute atomic E-state index is 0.327. The second-order valence-corrected chi connectivity index (χ2v) is 6.35. The van der Waals surface area contributed by atoms with Gasteiger partial charge in [0.1, 0.15) is 5.82 Å². The Hall–Kier alpha value is -1.23. The maximum atomic E-state index is 12.8. The summed E-state index contributed by atoms with van der Waals surface area (Å²) in [5.74, 6) is 1.23. The van der Waals surface area contributed by atoms with Gasteiger partial charge in [0.05, 0.1) is 22.0 Å². The second kappa shape index (κ2) is 5.20. The van der Waals surface area contributed by atoms with E-state index in [0.29, 0.717) is 17.3 Å². The van der Waals surface area contributed by atoms with Crippen molar-refractivity contribution < 1.29 is 13.2 Å². The number of hydrogen-bond donors (Lipinski definition) is 0. The molecule has 1 fully saturated rings. The number of benzene rings is 1. The zero-order chi connectivity index (χ0) is 15.2. The van der Waals surface area contributed by atoms with E-state index in [2.05, 4.69) is 4.98 Å². The number of aromatic nitrogens is 2. The van der Waals surface area contributed by atoms with Crippen LogP contribution in [-0.2, 0) is 12.7 Å². The summed E-state index contributed by atoms with van der Waals surface area (Å²) in [6.45, 7) is 2.58. The molecule has 2 aromatic rings. The van der Waals surface area contributed by atoms with Gasteiger partial charge in [0.15, 0.2) is 0 Å². The van der Waals surface area contributed by atoms with Crippen molar-refractivity contribution in [1.29, 1.82) is 0 Å². The van der Waals surface area contributed by atoms with Gasteiger partial charge in [-0.1, -0.05) is 6.42 Å². The molecule has 6 heteroatoms. The molecule has 1 atom stereocenters. The van der Waals surface area contributed by atoms with Crippen LogP contribution in [0.4, 0.5) is 13.2 Å². The molecule has 0 aliphatic heterocycles. The summed E-state index contributed by atoms with van der Waals surface area (Å²) >= 11 is 6.15. The van der Waals surface area contributed by atoms with Crippen molar-refractivity contribution in [3.63, 3.8) is 0 Å². The van der Waals surface area contributed by atoms with Gasteiger partial charge in [-0.15, -0.1) is 11.6 Å². The fourth-order valence-electron chi connectivity index (χ4n) is 2.75. The Morgan fingerprint density at radius 1 is 1.38 bits per heavy atom. The number of alkyl halides is 4. The average molecular weight is 317 g/mol. The van der Waals surface area contributed by atoms with E-state index in [9.17, 15) is 13.2 Å². The largest absolute Gasteiger partial charge is 0.416 e. The van der Waals surface area contributed by atoms with Crippen molar-refractivity contribution >= 4 is 22.6 Å². The van der Waals surface area contributed by atoms with Crippen LogP contribution < -0.4 is 0 Å². The molecule has 2 nitrogen and oxygen atoms in total. The molecule has 0 N–H and O–H groups in total. The molecular formula is C15H16ClF3N2. The van der Waals surface area contributed by atoms with Gasteiger partial charge in [-0.2, -0.15) is 13.2 Å². The lowest BCUT2D eigenvalue weighted by Crippen LogP contribution is -2.19. The summed E-state index contributed by atoms with van der Waals surface area (Å²) < 4.78 is 40.4. The predicted octanol–water partition coefficient (Wildman–Crippen LogP) is 5.16. The van der Waals surface area contributed by atoms with E-state index in [1.165, 1.54) is 12.5 Å². The third kappa shape index (κ3) is 2.76. The Morgan fingerprint density at radius 2 is 2.10 bits per heavy atom. The van der Waals surface area contributed by atoms with Crippen molar-refractivity contribution in [3.8, 4) is 0 Å². The first kappa shape index (κ1) is 14.7. The molecule has 0 amide bonds. The van der Waals surface area contributed by atoms with Gasteiger partial charge in [-0.05, 0) is 43.9 Å². The van der Waals surface area contributed by atoms with Crippen LogP contribution in [-0.4, -0.2) is 9.55 Å². The second-order valence-electron chi connectivity index (χ2n) is 5.69. The highest BCUT2D eigenvalue weighted by Gasteiger charge is 2.31. The Kier molecular flexibility index (Phi) is 3.64. The van der Waals surface area contributed by atoms with Crippen molar-refractivity contribution in [2.75, 3.05) is 0 Å². The maximum Gasteiger partial charge on any atom is 0.416 e. The summed E-state index contributed by atoms with van der Waals surface area (Å²) in [5, 5.41) is -0.327. The van der Waals surface area contributed by atoms with E-state index in [1.54, 1.807) is 6.92 Å². The molecule has 3 rings (SSSR count). The number of rotatable bonds is 3. The Labute approximate surface area is 125 Å². The molecule has 1 aromatic heterocycles. The number of imidazole rings is 1. The fraction of sp³-hybridized carbons (Fsp3) is 0.533. The third-order valence-corrected chi connectivity index (χ3v) is 4.32. The molecule has 114 valence electrons. The van der Waals surface area contributed by atoms with Crippen LogP contribution in [0.2, 0.25) is 0 Å². The van der Waals surface area contributed by atoms with E-state index in [0.717, 1.165) is 37.0 Å². The van der Waals surface area contributed by atoms with E-state index in [1.807, 2.05) is 4.57 Å². The van der Waals surface area contributed by atoms with Gasteiger partial charge < -0.3 is 4.57 Å².